The maximum absolute atomic E-state index is 13.4. The van der Waals surface area contributed by atoms with Gasteiger partial charge in [0.05, 0.1) is 27.9 Å². The van der Waals surface area contributed by atoms with Gasteiger partial charge in [-0.25, -0.2) is 4.90 Å². The van der Waals surface area contributed by atoms with Crippen molar-refractivity contribution in [3.05, 3.63) is 68.8 Å². The third kappa shape index (κ3) is 3.41. The van der Waals surface area contributed by atoms with E-state index in [0.29, 0.717) is 5.56 Å². The minimum Gasteiger partial charge on any atom is -0.395 e. The molecule has 3 rings (SSSR count). The van der Waals surface area contributed by atoms with Crippen LogP contribution < -0.4 is 4.90 Å². The molecule has 1 aliphatic rings. The Morgan fingerprint density at radius 2 is 1.79 bits per heavy atom. The normalized spacial score (nSPS) is 14.3. The number of benzene rings is 2. The summed E-state index contributed by atoms with van der Waals surface area (Å²) in [7, 11) is 1.67. The van der Waals surface area contributed by atoms with Crippen LogP contribution in [0.2, 0.25) is 10.0 Å². The van der Waals surface area contributed by atoms with Gasteiger partial charge in [0.15, 0.2) is 0 Å². The van der Waals surface area contributed by atoms with Gasteiger partial charge in [-0.05, 0) is 37.1 Å². The number of aryl methyl sites for hydroxylation is 2. The van der Waals surface area contributed by atoms with Gasteiger partial charge in [0.25, 0.3) is 11.8 Å². The largest absolute Gasteiger partial charge is 0.395 e. The Hall–Kier alpha value is -2.34. The molecule has 0 aliphatic carbocycles. The number of nitrogens with zero attached hydrogens (tertiary/aromatic N) is 2. The van der Waals surface area contributed by atoms with Gasteiger partial charge in [-0.2, -0.15) is 0 Å². The number of carbonyl (C=O) groups is 2. The Bertz CT molecular complexity index is 1000. The van der Waals surface area contributed by atoms with Crippen LogP contribution in [0.4, 0.5) is 5.69 Å². The number of hydrogen-bond acceptors (Lipinski definition) is 4. The van der Waals surface area contributed by atoms with Gasteiger partial charge >= 0.3 is 0 Å². The molecule has 146 valence electrons. The highest BCUT2D eigenvalue weighted by Gasteiger charge is 2.42. The number of imide groups is 1. The van der Waals surface area contributed by atoms with E-state index in [1.165, 1.54) is 0 Å². The Labute approximate surface area is 173 Å². The molecule has 2 amide bonds. The van der Waals surface area contributed by atoms with Crippen LogP contribution in [0, 0.1) is 13.8 Å². The topological polar surface area (TPSA) is 60.9 Å². The molecule has 0 unspecified atom stereocenters. The third-order valence-corrected chi connectivity index (χ3v) is 5.51. The van der Waals surface area contributed by atoms with Crippen LogP contribution in [0.25, 0.3) is 5.57 Å². The van der Waals surface area contributed by atoms with Crippen LogP contribution >= 0.6 is 23.2 Å². The zero-order valence-corrected chi connectivity index (χ0v) is 17.3. The van der Waals surface area contributed by atoms with E-state index in [4.69, 9.17) is 23.2 Å². The highest BCUT2D eigenvalue weighted by atomic mass is 35.5. The maximum atomic E-state index is 13.4. The molecule has 0 bridgehead atoms. The summed E-state index contributed by atoms with van der Waals surface area (Å²) >= 11 is 12.4. The Morgan fingerprint density at radius 3 is 2.43 bits per heavy atom. The Morgan fingerprint density at radius 1 is 1.07 bits per heavy atom. The first-order valence-corrected chi connectivity index (χ1v) is 9.50. The van der Waals surface area contributed by atoms with E-state index < -0.39 is 11.8 Å². The Kier molecular flexibility index (Phi) is 5.79. The number of aliphatic hydroxyl groups excluding tert-OH is 1. The predicted octanol–water partition coefficient (Wildman–Crippen LogP) is 3.82. The number of rotatable bonds is 5. The first kappa shape index (κ1) is 20.4. The number of likely N-dealkylation sites (N-methyl/N-ethyl adjacent to an activating group) is 1. The lowest BCUT2D eigenvalue weighted by molar-refractivity contribution is -0.120. The van der Waals surface area contributed by atoms with E-state index in [2.05, 4.69) is 0 Å². The van der Waals surface area contributed by atoms with Crippen molar-refractivity contribution in [1.82, 2.24) is 4.90 Å². The molecule has 1 heterocycles. The van der Waals surface area contributed by atoms with Crippen LogP contribution in [-0.4, -0.2) is 42.0 Å². The van der Waals surface area contributed by atoms with E-state index in [1.54, 1.807) is 30.1 Å². The smallest absolute Gasteiger partial charge is 0.282 e. The van der Waals surface area contributed by atoms with E-state index in [9.17, 15) is 14.7 Å². The van der Waals surface area contributed by atoms with Crippen molar-refractivity contribution in [1.29, 1.82) is 0 Å². The predicted molar refractivity (Wildman–Crippen MR) is 112 cm³/mol. The first-order valence-electron chi connectivity index (χ1n) is 8.74. The monoisotopic (exact) mass is 418 g/mol. The molecule has 1 aliphatic heterocycles. The van der Waals surface area contributed by atoms with E-state index in [-0.39, 0.29) is 40.2 Å². The van der Waals surface area contributed by atoms with Crippen LogP contribution in [0.5, 0.6) is 0 Å². The summed E-state index contributed by atoms with van der Waals surface area (Å²) in [4.78, 5) is 29.3. The molecule has 0 spiro atoms. The van der Waals surface area contributed by atoms with E-state index >= 15 is 0 Å². The maximum Gasteiger partial charge on any atom is 0.282 e. The first-order chi connectivity index (χ1) is 13.3. The number of carbonyl (C=O) groups excluding carboxylic acids is 2. The second-order valence-electron chi connectivity index (χ2n) is 6.71. The molecule has 0 fully saturated rings. The molecule has 28 heavy (non-hydrogen) atoms. The number of amides is 2. The minimum atomic E-state index is -0.500. The van der Waals surface area contributed by atoms with Crippen molar-refractivity contribution in [3.8, 4) is 0 Å². The van der Waals surface area contributed by atoms with Gasteiger partial charge in [0, 0.05) is 13.6 Å². The van der Waals surface area contributed by atoms with Gasteiger partial charge in [-0.15, -0.1) is 0 Å². The lowest BCUT2D eigenvalue weighted by Crippen LogP contribution is -2.35. The van der Waals surface area contributed by atoms with Gasteiger partial charge < -0.3 is 10.0 Å². The average Bonchev–Trinajstić information content (AvgIpc) is 2.88. The molecule has 2 aromatic rings. The summed E-state index contributed by atoms with van der Waals surface area (Å²) in [5.41, 5.74) is 3.35. The quantitative estimate of drug-likeness (QED) is 0.749. The van der Waals surface area contributed by atoms with E-state index in [1.807, 2.05) is 32.0 Å². The van der Waals surface area contributed by atoms with Gasteiger partial charge in [-0.3, -0.25) is 9.59 Å². The van der Waals surface area contributed by atoms with Crippen molar-refractivity contribution in [2.75, 3.05) is 25.1 Å². The summed E-state index contributed by atoms with van der Waals surface area (Å²) in [6.45, 7) is 3.91. The van der Waals surface area contributed by atoms with Crippen LogP contribution in [-0.2, 0) is 9.59 Å². The summed E-state index contributed by atoms with van der Waals surface area (Å²) in [6.07, 6.45) is 0. The fraction of sp³-hybridized carbons (Fsp3) is 0.238. The molecule has 0 radical (unpaired) electrons. The van der Waals surface area contributed by atoms with Crippen LogP contribution in [0.15, 0.2) is 42.1 Å². The van der Waals surface area contributed by atoms with Crippen molar-refractivity contribution < 1.29 is 14.7 Å². The molecule has 2 aromatic carbocycles. The molecular formula is C21H20Cl2N2O3. The van der Waals surface area contributed by atoms with Gasteiger partial charge in [-0.1, -0.05) is 53.0 Å². The molecule has 0 aromatic heterocycles. The summed E-state index contributed by atoms with van der Waals surface area (Å²) in [6, 6.07) is 10.5. The number of aliphatic hydroxyl groups is 1. The van der Waals surface area contributed by atoms with Crippen molar-refractivity contribution in [2.24, 2.45) is 0 Å². The number of halogens is 2. The second kappa shape index (κ2) is 7.95. The van der Waals surface area contributed by atoms with Gasteiger partial charge in [0.1, 0.15) is 5.70 Å². The highest BCUT2D eigenvalue weighted by Crippen LogP contribution is 2.40. The van der Waals surface area contributed by atoms with Crippen molar-refractivity contribution in [2.45, 2.75) is 13.8 Å². The molecular weight excluding hydrogens is 399 g/mol. The molecule has 1 N–H and O–H groups in total. The molecule has 0 atom stereocenters. The lowest BCUT2D eigenvalue weighted by atomic mass is 9.97. The highest BCUT2D eigenvalue weighted by molar-refractivity contribution is 6.49. The third-order valence-electron chi connectivity index (χ3n) is 4.70. The molecule has 7 heteroatoms. The second-order valence-corrected chi connectivity index (χ2v) is 7.49. The van der Waals surface area contributed by atoms with Gasteiger partial charge in [0.2, 0.25) is 0 Å². The average molecular weight is 419 g/mol. The number of anilines is 1. The zero-order valence-electron chi connectivity index (χ0n) is 15.8. The molecule has 0 saturated heterocycles. The fourth-order valence-corrected chi connectivity index (χ4v) is 3.73. The van der Waals surface area contributed by atoms with Crippen LogP contribution in [0.3, 0.4) is 0 Å². The van der Waals surface area contributed by atoms with Crippen molar-refractivity contribution >= 4 is 46.3 Å². The zero-order chi connectivity index (χ0) is 20.6. The minimum absolute atomic E-state index is 0.136. The van der Waals surface area contributed by atoms with Crippen LogP contribution in [0.1, 0.15) is 16.7 Å². The summed E-state index contributed by atoms with van der Waals surface area (Å²) in [5, 5.41) is 9.74. The summed E-state index contributed by atoms with van der Waals surface area (Å²) < 4.78 is 0. The Balaban J connectivity index is 2.21. The summed E-state index contributed by atoms with van der Waals surface area (Å²) in [5.74, 6) is -0.971. The SMILES string of the molecule is Cc1ccc(C2=C(N(C)CCO)C(=O)N(c3cccc(Cl)c3Cl)C2=O)c(C)c1. The molecule has 0 saturated carbocycles. The number of hydrogen-bond donors (Lipinski definition) is 1. The van der Waals surface area contributed by atoms with Crippen molar-refractivity contribution in [3.63, 3.8) is 0 Å². The fourth-order valence-electron chi connectivity index (χ4n) is 3.35. The lowest BCUT2D eigenvalue weighted by Gasteiger charge is -2.21. The molecule has 5 nitrogen and oxygen atoms in total. The van der Waals surface area contributed by atoms with E-state index in [0.717, 1.165) is 16.0 Å². The standard InChI is InChI=1S/C21H20Cl2N2O3/c1-12-7-8-14(13(2)11-12)17-19(24(3)9-10-26)21(28)25(20(17)27)16-6-4-5-15(22)18(16)23/h4-8,11,26H,9-10H2,1-3H3.